The first kappa shape index (κ1) is 14.1. The number of nitrogens with zero attached hydrogens (tertiary/aromatic N) is 4. The molecular weight excluding hydrogens is 284 g/mol. The normalized spacial score (nSPS) is 10.3. The molecule has 0 radical (unpaired) electrons. The second-order valence-corrected chi connectivity index (χ2v) is 4.54. The van der Waals surface area contributed by atoms with E-state index in [0.717, 1.165) is 11.8 Å². The molecule has 0 amide bonds. The second-order valence-electron chi connectivity index (χ2n) is 3.59. The Bertz CT molecular complexity index is 616. The van der Waals surface area contributed by atoms with Gasteiger partial charge in [-0.2, -0.15) is 4.68 Å². The highest BCUT2D eigenvalue weighted by atomic mass is 32.2. The van der Waals surface area contributed by atoms with Gasteiger partial charge in [-0.1, -0.05) is 11.8 Å². The maximum absolute atomic E-state index is 10.6. The van der Waals surface area contributed by atoms with Gasteiger partial charge >= 0.3 is 5.97 Å². The molecule has 2 aromatic rings. The summed E-state index contributed by atoms with van der Waals surface area (Å²) in [5.41, 5.74) is 0.653. The standard InChI is InChI=1S/C11H12N4O4S/c1-18-8-4-3-7(5-9(8)19-2)15-11(12-13-14-15)20-6-10(16)17/h3-5H,6H2,1-2H3,(H,16,17). The average Bonchev–Trinajstić information content (AvgIpc) is 2.92. The number of carboxylic acid groups (broad SMARTS) is 1. The number of methoxy groups -OCH3 is 2. The van der Waals surface area contributed by atoms with Gasteiger partial charge in [-0.25, -0.2) is 0 Å². The van der Waals surface area contributed by atoms with Crippen LogP contribution in [0.25, 0.3) is 5.69 Å². The van der Waals surface area contributed by atoms with E-state index in [4.69, 9.17) is 14.6 Å². The molecule has 0 bridgehead atoms. The van der Waals surface area contributed by atoms with Crippen molar-refractivity contribution in [1.29, 1.82) is 0 Å². The highest BCUT2D eigenvalue weighted by Crippen LogP contribution is 2.30. The fraction of sp³-hybridized carbons (Fsp3) is 0.273. The van der Waals surface area contributed by atoms with Crippen molar-refractivity contribution < 1.29 is 19.4 Å². The van der Waals surface area contributed by atoms with Gasteiger partial charge in [-0.05, 0) is 22.6 Å². The van der Waals surface area contributed by atoms with Crippen molar-refractivity contribution >= 4 is 17.7 Å². The molecule has 8 nitrogen and oxygen atoms in total. The largest absolute Gasteiger partial charge is 0.493 e. The average molecular weight is 296 g/mol. The van der Waals surface area contributed by atoms with Crippen LogP contribution in [0.2, 0.25) is 0 Å². The molecule has 9 heteroatoms. The Balaban J connectivity index is 2.32. The summed E-state index contributed by atoms with van der Waals surface area (Å²) in [6.45, 7) is 0. The zero-order valence-electron chi connectivity index (χ0n) is 10.8. The number of rotatable bonds is 6. The molecule has 1 aromatic carbocycles. The Morgan fingerprint density at radius 2 is 2.10 bits per heavy atom. The smallest absolute Gasteiger partial charge is 0.313 e. The summed E-state index contributed by atoms with van der Waals surface area (Å²) >= 11 is 1.04. The third kappa shape index (κ3) is 2.99. The number of carboxylic acids is 1. The first-order valence-electron chi connectivity index (χ1n) is 5.51. The van der Waals surface area contributed by atoms with Crippen LogP contribution in [-0.4, -0.2) is 51.3 Å². The van der Waals surface area contributed by atoms with Crippen LogP contribution in [-0.2, 0) is 4.79 Å². The van der Waals surface area contributed by atoms with Crippen LogP contribution in [0.1, 0.15) is 0 Å². The van der Waals surface area contributed by atoms with E-state index in [1.807, 2.05) is 0 Å². The van der Waals surface area contributed by atoms with E-state index in [2.05, 4.69) is 15.5 Å². The van der Waals surface area contributed by atoms with Crippen LogP contribution < -0.4 is 9.47 Å². The van der Waals surface area contributed by atoms with Crippen molar-refractivity contribution in [1.82, 2.24) is 20.2 Å². The summed E-state index contributed by atoms with van der Waals surface area (Å²) in [7, 11) is 3.07. The van der Waals surface area contributed by atoms with Gasteiger partial charge in [0.25, 0.3) is 0 Å². The van der Waals surface area contributed by atoms with E-state index in [1.54, 1.807) is 25.3 Å². The Labute approximate surface area is 118 Å². The number of ether oxygens (including phenoxy) is 2. The predicted octanol–water partition coefficient (Wildman–Crippen LogP) is 0.856. The van der Waals surface area contributed by atoms with Crippen molar-refractivity contribution in [3.63, 3.8) is 0 Å². The zero-order valence-corrected chi connectivity index (χ0v) is 11.6. The lowest BCUT2D eigenvalue weighted by Gasteiger charge is -2.09. The zero-order chi connectivity index (χ0) is 14.5. The molecule has 0 aliphatic heterocycles. The third-order valence-electron chi connectivity index (χ3n) is 2.38. The second kappa shape index (κ2) is 6.24. The van der Waals surface area contributed by atoms with Gasteiger partial charge in [0.15, 0.2) is 11.5 Å². The number of aliphatic carboxylic acids is 1. The van der Waals surface area contributed by atoms with Gasteiger partial charge in [0, 0.05) is 6.07 Å². The molecule has 0 fully saturated rings. The van der Waals surface area contributed by atoms with Gasteiger partial charge in [0.05, 0.1) is 25.7 Å². The van der Waals surface area contributed by atoms with E-state index in [-0.39, 0.29) is 5.75 Å². The summed E-state index contributed by atoms with van der Waals surface area (Å²) in [6.07, 6.45) is 0. The quantitative estimate of drug-likeness (QED) is 0.783. The maximum atomic E-state index is 10.6. The van der Waals surface area contributed by atoms with Crippen LogP contribution in [0.4, 0.5) is 0 Å². The summed E-state index contributed by atoms with van der Waals surface area (Å²) in [5, 5.41) is 20.3. The van der Waals surface area contributed by atoms with Crippen molar-refractivity contribution in [2.24, 2.45) is 0 Å². The Kier molecular flexibility index (Phi) is 4.41. The first-order valence-corrected chi connectivity index (χ1v) is 6.49. The first-order chi connectivity index (χ1) is 9.65. The molecule has 0 saturated carbocycles. The molecule has 0 spiro atoms. The summed E-state index contributed by atoms with van der Waals surface area (Å²) in [5.74, 6) is 0.0730. The van der Waals surface area contributed by atoms with Crippen molar-refractivity contribution in [2.45, 2.75) is 5.16 Å². The number of hydrogen-bond donors (Lipinski definition) is 1. The van der Waals surface area contributed by atoms with Gasteiger partial charge in [0.1, 0.15) is 0 Å². The lowest BCUT2D eigenvalue weighted by molar-refractivity contribution is -0.133. The van der Waals surface area contributed by atoms with Crippen molar-refractivity contribution in [3.05, 3.63) is 18.2 Å². The number of benzene rings is 1. The van der Waals surface area contributed by atoms with Crippen molar-refractivity contribution in [2.75, 3.05) is 20.0 Å². The summed E-state index contributed by atoms with van der Waals surface area (Å²) in [6, 6.07) is 5.18. The van der Waals surface area contributed by atoms with Crippen LogP contribution in [0.5, 0.6) is 11.5 Å². The van der Waals surface area contributed by atoms with Crippen LogP contribution in [0.15, 0.2) is 23.4 Å². The molecule has 0 atom stereocenters. The molecule has 0 aliphatic rings. The Hall–Kier alpha value is -2.29. The lowest BCUT2D eigenvalue weighted by Crippen LogP contribution is -2.03. The monoisotopic (exact) mass is 296 g/mol. The van der Waals surface area contributed by atoms with Crippen molar-refractivity contribution in [3.8, 4) is 17.2 Å². The SMILES string of the molecule is COc1ccc(-n2nnnc2SCC(=O)O)cc1OC. The molecule has 106 valence electrons. The minimum atomic E-state index is -0.933. The number of thioether (sulfide) groups is 1. The minimum absolute atomic E-state index is 0.117. The van der Waals surface area contributed by atoms with E-state index in [1.165, 1.54) is 11.8 Å². The van der Waals surface area contributed by atoms with Gasteiger partial charge in [0.2, 0.25) is 5.16 Å². The van der Waals surface area contributed by atoms with Crippen LogP contribution in [0, 0.1) is 0 Å². The molecule has 0 unspecified atom stereocenters. The van der Waals surface area contributed by atoms with E-state index in [9.17, 15) is 4.79 Å². The van der Waals surface area contributed by atoms with E-state index in [0.29, 0.717) is 22.3 Å². The number of tetrazole rings is 1. The highest BCUT2D eigenvalue weighted by Gasteiger charge is 2.13. The number of aromatic nitrogens is 4. The van der Waals surface area contributed by atoms with Gasteiger partial charge < -0.3 is 14.6 Å². The number of hydrogen-bond acceptors (Lipinski definition) is 7. The Morgan fingerprint density at radius 1 is 1.35 bits per heavy atom. The van der Waals surface area contributed by atoms with Gasteiger partial charge in [-0.3, -0.25) is 4.79 Å². The molecule has 1 heterocycles. The summed E-state index contributed by atoms with van der Waals surface area (Å²) in [4.78, 5) is 10.6. The highest BCUT2D eigenvalue weighted by molar-refractivity contribution is 7.99. The summed E-state index contributed by atoms with van der Waals surface area (Å²) < 4.78 is 11.8. The molecule has 1 N–H and O–H groups in total. The van der Waals surface area contributed by atoms with Crippen LogP contribution >= 0.6 is 11.8 Å². The predicted molar refractivity (Wildman–Crippen MR) is 70.6 cm³/mol. The molecule has 1 aromatic heterocycles. The van der Waals surface area contributed by atoms with E-state index < -0.39 is 5.97 Å². The van der Waals surface area contributed by atoms with Crippen LogP contribution in [0.3, 0.4) is 0 Å². The lowest BCUT2D eigenvalue weighted by atomic mass is 10.3. The third-order valence-corrected chi connectivity index (χ3v) is 3.28. The fourth-order valence-corrected chi connectivity index (χ4v) is 2.12. The maximum Gasteiger partial charge on any atom is 0.313 e. The fourth-order valence-electron chi connectivity index (χ4n) is 1.51. The molecule has 2 rings (SSSR count). The molecule has 0 saturated heterocycles. The van der Waals surface area contributed by atoms with Gasteiger partial charge in [-0.15, -0.1) is 5.10 Å². The Morgan fingerprint density at radius 3 is 2.75 bits per heavy atom. The minimum Gasteiger partial charge on any atom is -0.493 e. The molecule has 0 aliphatic carbocycles. The molecular formula is C11H12N4O4S. The molecule has 20 heavy (non-hydrogen) atoms. The topological polar surface area (TPSA) is 99.4 Å². The number of carbonyl (C=O) groups is 1. The van der Waals surface area contributed by atoms with E-state index >= 15 is 0 Å².